The number of hydrogen-bond donors (Lipinski definition) is 2. The van der Waals surface area contributed by atoms with E-state index < -0.39 is 12.2 Å². The third kappa shape index (κ3) is 4.03. The van der Waals surface area contributed by atoms with Gasteiger partial charge in [-0.1, -0.05) is 18.2 Å². The van der Waals surface area contributed by atoms with Crippen molar-refractivity contribution in [2.45, 2.75) is 31.5 Å². The minimum absolute atomic E-state index is 0.0984. The molecule has 0 saturated carbocycles. The number of ether oxygens (including phenoxy) is 1. The second-order valence-corrected chi connectivity index (χ2v) is 6.05. The van der Waals surface area contributed by atoms with Crippen molar-refractivity contribution >= 4 is 17.1 Å². The molecule has 3 rings (SSSR count). The molecule has 0 spiro atoms. The van der Waals surface area contributed by atoms with Crippen molar-refractivity contribution in [2.24, 2.45) is 5.73 Å². The zero-order chi connectivity index (χ0) is 16.2. The molecule has 0 bridgehead atoms. The number of carbonyl (C=O) groups excluding carboxylic acids is 1. The predicted octanol–water partition coefficient (Wildman–Crippen LogP) is 1.90. The Morgan fingerprint density at radius 2 is 2.13 bits per heavy atom. The minimum atomic E-state index is -0.713. The molecule has 2 heterocycles. The summed E-state index contributed by atoms with van der Waals surface area (Å²) in [6.07, 6.45) is 2.53. The second kappa shape index (κ2) is 7.02. The van der Waals surface area contributed by atoms with Gasteiger partial charge in [0.1, 0.15) is 11.7 Å². The SMILES string of the molecule is NC(=O)OC1CCN(CC(O)Cc2coc3ccccc23)CC1. The number of piperidine rings is 1. The van der Waals surface area contributed by atoms with Crippen molar-refractivity contribution in [1.29, 1.82) is 0 Å². The number of primary amides is 1. The normalized spacial score (nSPS) is 18.1. The maximum Gasteiger partial charge on any atom is 0.404 e. The number of aliphatic hydroxyl groups excluding tert-OH is 1. The van der Waals surface area contributed by atoms with Gasteiger partial charge in [0.25, 0.3) is 0 Å². The van der Waals surface area contributed by atoms with Gasteiger partial charge in [-0.05, 0) is 18.9 Å². The number of nitrogens with two attached hydrogens (primary N) is 1. The van der Waals surface area contributed by atoms with Crippen LogP contribution in [0, 0.1) is 0 Å². The van der Waals surface area contributed by atoms with E-state index in [4.69, 9.17) is 14.9 Å². The largest absolute Gasteiger partial charge is 0.464 e. The first kappa shape index (κ1) is 15.8. The average molecular weight is 318 g/mol. The summed E-state index contributed by atoms with van der Waals surface area (Å²) in [6, 6.07) is 7.84. The standard InChI is InChI=1S/C17H22N2O4/c18-17(21)23-14-5-7-19(8-6-14)10-13(20)9-12-11-22-16-4-2-1-3-15(12)16/h1-4,11,13-14,20H,5-10H2,(H2,18,21). The summed E-state index contributed by atoms with van der Waals surface area (Å²) in [7, 11) is 0. The number of fused-ring (bicyclic) bond motifs is 1. The van der Waals surface area contributed by atoms with Gasteiger partial charge in [-0.2, -0.15) is 0 Å². The number of furan rings is 1. The van der Waals surface area contributed by atoms with E-state index in [-0.39, 0.29) is 6.10 Å². The molecule has 0 aliphatic carbocycles. The highest BCUT2D eigenvalue weighted by atomic mass is 16.6. The van der Waals surface area contributed by atoms with Crippen LogP contribution in [0.15, 0.2) is 34.9 Å². The van der Waals surface area contributed by atoms with Gasteiger partial charge < -0.3 is 24.9 Å². The summed E-state index contributed by atoms with van der Waals surface area (Å²) in [5.74, 6) is 0. The molecular formula is C17H22N2O4. The fourth-order valence-electron chi connectivity index (χ4n) is 3.18. The molecule has 6 nitrogen and oxygen atoms in total. The Kier molecular flexibility index (Phi) is 4.83. The van der Waals surface area contributed by atoms with Crippen LogP contribution in [-0.4, -0.2) is 47.9 Å². The highest BCUT2D eigenvalue weighted by Crippen LogP contribution is 2.22. The van der Waals surface area contributed by atoms with E-state index in [0.717, 1.165) is 42.5 Å². The van der Waals surface area contributed by atoms with Gasteiger partial charge in [0.2, 0.25) is 0 Å². The molecule has 0 radical (unpaired) electrons. The number of rotatable bonds is 5. The lowest BCUT2D eigenvalue weighted by Crippen LogP contribution is -2.42. The van der Waals surface area contributed by atoms with Gasteiger partial charge in [-0.15, -0.1) is 0 Å². The van der Waals surface area contributed by atoms with Gasteiger partial charge in [0.15, 0.2) is 0 Å². The average Bonchev–Trinajstić information content (AvgIpc) is 2.92. The predicted molar refractivity (Wildman–Crippen MR) is 86.1 cm³/mol. The molecule has 124 valence electrons. The molecule has 2 aromatic rings. The van der Waals surface area contributed by atoms with Crippen LogP contribution in [-0.2, 0) is 11.2 Å². The van der Waals surface area contributed by atoms with Crippen molar-refractivity contribution in [2.75, 3.05) is 19.6 Å². The summed E-state index contributed by atoms with van der Waals surface area (Å²) in [6.45, 7) is 2.19. The Hall–Kier alpha value is -2.05. The smallest absolute Gasteiger partial charge is 0.404 e. The lowest BCUT2D eigenvalue weighted by molar-refractivity contribution is 0.0375. The van der Waals surface area contributed by atoms with Crippen LogP contribution in [0.4, 0.5) is 4.79 Å². The molecule has 1 fully saturated rings. The fraction of sp³-hybridized carbons (Fsp3) is 0.471. The summed E-state index contributed by atoms with van der Waals surface area (Å²) < 4.78 is 10.5. The Balaban J connectivity index is 1.50. The van der Waals surface area contributed by atoms with Crippen molar-refractivity contribution in [1.82, 2.24) is 4.90 Å². The molecule has 1 aliphatic rings. The zero-order valence-electron chi connectivity index (χ0n) is 13.0. The molecule has 1 aromatic carbocycles. The van der Waals surface area contributed by atoms with Crippen LogP contribution >= 0.6 is 0 Å². The van der Waals surface area contributed by atoms with Gasteiger partial charge in [0.05, 0.1) is 12.4 Å². The van der Waals surface area contributed by atoms with Crippen molar-refractivity contribution in [3.8, 4) is 0 Å². The van der Waals surface area contributed by atoms with Crippen LogP contribution in [0.1, 0.15) is 18.4 Å². The van der Waals surface area contributed by atoms with Crippen LogP contribution in [0.25, 0.3) is 11.0 Å². The van der Waals surface area contributed by atoms with Crippen LogP contribution in [0.3, 0.4) is 0 Å². The highest BCUT2D eigenvalue weighted by Gasteiger charge is 2.23. The molecule has 23 heavy (non-hydrogen) atoms. The van der Waals surface area contributed by atoms with E-state index in [2.05, 4.69) is 4.90 Å². The number of para-hydroxylation sites is 1. The molecule has 1 atom stereocenters. The van der Waals surface area contributed by atoms with E-state index in [1.165, 1.54) is 0 Å². The third-order valence-electron chi connectivity index (χ3n) is 4.30. The Bertz CT molecular complexity index is 661. The summed E-state index contributed by atoms with van der Waals surface area (Å²) in [4.78, 5) is 12.9. The number of β-amino-alcohol motifs (C(OH)–C–C–N with tert-alkyl or cyclic N) is 1. The first-order valence-electron chi connectivity index (χ1n) is 7.93. The quantitative estimate of drug-likeness (QED) is 0.879. The van der Waals surface area contributed by atoms with Gasteiger partial charge in [0, 0.05) is 37.0 Å². The summed E-state index contributed by atoms with van der Waals surface area (Å²) >= 11 is 0. The topological polar surface area (TPSA) is 88.9 Å². The zero-order valence-corrected chi connectivity index (χ0v) is 13.0. The molecule has 1 unspecified atom stereocenters. The molecule has 1 saturated heterocycles. The fourth-order valence-corrected chi connectivity index (χ4v) is 3.18. The van der Waals surface area contributed by atoms with E-state index in [9.17, 15) is 9.90 Å². The van der Waals surface area contributed by atoms with Crippen molar-refractivity contribution in [3.63, 3.8) is 0 Å². The second-order valence-electron chi connectivity index (χ2n) is 6.05. The van der Waals surface area contributed by atoms with E-state index in [1.54, 1.807) is 6.26 Å². The maximum atomic E-state index is 10.7. The lowest BCUT2D eigenvalue weighted by Gasteiger charge is -2.32. The first-order chi connectivity index (χ1) is 11.1. The monoisotopic (exact) mass is 318 g/mol. The van der Waals surface area contributed by atoms with Crippen molar-refractivity contribution < 1.29 is 19.1 Å². The maximum absolute atomic E-state index is 10.7. The number of hydrogen-bond acceptors (Lipinski definition) is 5. The Labute approximate surface area is 134 Å². The third-order valence-corrected chi connectivity index (χ3v) is 4.30. The first-order valence-corrected chi connectivity index (χ1v) is 7.93. The summed E-state index contributed by atoms with van der Waals surface area (Å²) in [5.41, 5.74) is 6.91. The molecular weight excluding hydrogens is 296 g/mol. The molecule has 1 aliphatic heterocycles. The molecule has 3 N–H and O–H groups in total. The Morgan fingerprint density at radius 3 is 2.87 bits per heavy atom. The number of amides is 1. The van der Waals surface area contributed by atoms with Crippen LogP contribution in [0.5, 0.6) is 0 Å². The molecule has 6 heteroatoms. The molecule has 1 amide bonds. The van der Waals surface area contributed by atoms with Gasteiger partial charge in [-0.3, -0.25) is 0 Å². The van der Waals surface area contributed by atoms with E-state index in [1.807, 2.05) is 24.3 Å². The van der Waals surface area contributed by atoms with Gasteiger partial charge >= 0.3 is 6.09 Å². The minimum Gasteiger partial charge on any atom is -0.464 e. The number of likely N-dealkylation sites (tertiary alicyclic amines) is 1. The van der Waals surface area contributed by atoms with Crippen molar-refractivity contribution in [3.05, 3.63) is 36.1 Å². The number of carbonyl (C=O) groups is 1. The summed E-state index contributed by atoms with van der Waals surface area (Å²) in [5, 5.41) is 11.4. The van der Waals surface area contributed by atoms with E-state index >= 15 is 0 Å². The Morgan fingerprint density at radius 1 is 1.39 bits per heavy atom. The molecule has 1 aromatic heterocycles. The number of aliphatic hydroxyl groups is 1. The van der Waals surface area contributed by atoms with E-state index in [0.29, 0.717) is 13.0 Å². The van der Waals surface area contributed by atoms with Crippen LogP contribution in [0.2, 0.25) is 0 Å². The highest BCUT2D eigenvalue weighted by molar-refractivity contribution is 5.80. The number of nitrogens with zero attached hydrogens (tertiary/aromatic N) is 1. The van der Waals surface area contributed by atoms with Crippen LogP contribution < -0.4 is 5.73 Å². The van der Waals surface area contributed by atoms with Gasteiger partial charge in [-0.25, -0.2) is 4.79 Å². The lowest BCUT2D eigenvalue weighted by atomic mass is 10.0. The number of benzene rings is 1.